The van der Waals surface area contributed by atoms with E-state index in [2.05, 4.69) is 4.99 Å². The van der Waals surface area contributed by atoms with Crippen molar-refractivity contribution in [2.45, 2.75) is 4.83 Å². The van der Waals surface area contributed by atoms with Crippen LogP contribution in [0.3, 0.4) is 0 Å². The van der Waals surface area contributed by atoms with Crippen molar-refractivity contribution in [1.82, 2.24) is 0 Å². The van der Waals surface area contributed by atoms with Crippen LogP contribution in [0.4, 0.5) is 0 Å². The molecule has 1 radical (unpaired) electrons. The molecule has 0 fully saturated rings. The van der Waals surface area contributed by atoms with E-state index >= 15 is 0 Å². The molecule has 0 saturated carbocycles. The van der Waals surface area contributed by atoms with Crippen molar-refractivity contribution in [2.24, 2.45) is 4.99 Å². The number of rotatable bonds is 0. The van der Waals surface area contributed by atoms with Gasteiger partial charge in [-0.25, -0.2) is 0 Å². The van der Waals surface area contributed by atoms with Gasteiger partial charge in [-0.1, -0.05) is 11.6 Å². The molecule has 0 aromatic heterocycles. The van der Waals surface area contributed by atoms with Gasteiger partial charge in [0.1, 0.15) is 0 Å². The molecule has 3 heteroatoms. The van der Waals surface area contributed by atoms with Crippen LogP contribution in [0, 0.1) is 5.75 Å². The Morgan fingerprint density at radius 1 is 1.83 bits per heavy atom. The maximum atomic E-state index is 5.45. The lowest BCUT2D eigenvalue weighted by Crippen LogP contribution is -1.71. The van der Waals surface area contributed by atoms with Crippen molar-refractivity contribution in [1.29, 1.82) is 0 Å². The zero-order chi connectivity index (χ0) is 4.41. The molecule has 0 aliphatic carbocycles. The number of thioether (sulfide) groups is 1. The maximum absolute atomic E-state index is 5.45. The second kappa shape index (κ2) is 1.85. The van der Waals surface area contributed by atoms with Gasteiger partial charge >= 0.3 is 0 Å². The molecule has 0 aromatic carbocycles. The number of hydrogen-bond acceptors (Lipinski definition) is 2. The van der Waals surface area contributed by atoms with E-state index in [0.29, 0.717) is 0 Å². The van der Waals surface area contributed by atoms with E-state index < -0.39 is 0 Å². The smallest absolute Gasteiger partial charge is 0.169 e. The summed E-state index contributed by atoms with van der Waals surface area (Å²) >= 11 is 6.96. The minimum atomic E-state index is -0.0509. The number of alkyl halides is 1. The Morgan fingerprint density at radius 2 is 2.67 bits per heavy atom. The summed E-state index contributed by atoms with van der Waals surface area (Å²) in [5, 5.41) is 0. The van der Waals surface area contributed by atoms with Crippen LogP contribution in [0.2, 0.25) is 0 Å². The molecule has 1 aliphatic heterocycles. The highest BCUT2D eigenvalue weighted by molar-refractivity contribution is 8.04. The third-order valence-electron chi connectivity index (χ3n) is 0.455. The van der Waals surface area contributed by atoms with E-state index in [9.17, 15) is 0 Å². The van der Waals surface area contributed by atoms with E-state index in [4.69, 9.17) is 11.6 Å². The van der Waals surface area contributed by atoms with Crippen LogP contribution in [-0.2, 0) is 0 Å². The zero-order valence-electron chi connectivity index (χ0n) is 2.97. The molecule has 1 rings (SSSR count). The molecule has 33 valence electrons. The van der Waals surface area contributed by atoms with Gasteiger partial charge in [-0.3, -0.25) is 4.99 Å². The van der Waals surface area contributed by atoms with Gasteiger partial charge in [-0.2, -0.15) is 0 Å². The van der Waals surface area contributed by atoms with Gasteiger partial charge in [0.25, 0.3) is 0 Å². The fourth-order valence-corrected chi connectivity index (χ4v) is 0.892. The van der Waals surface area contributed by atoms with Crippen LogP contribution in [-0.4, -0.2) is 11.0 Å². The van der Waals surface area contributed by atoms with Crippen LogP contribution in [0.1, 0.15) is 0 Å². The zero-order valence-corrected chi connectivity index (χ0v) is 4.54. The van der Waals surface area contributed by atoms with E-state index in [1.54, 1.807) is 6.21 Å². The molecule has 1 atom stereocenters. The summed E-state index contributed by atoms with van der Waals surface area (Å²) in [6, 6.07) is 0. The first-order chi connectivity index (χ1) is 2.89. The average Bonchev–Trinajstić information content (AvgIpc) is 1.86. The summed E-state index contributed by atoms with van der Waals surface area (Å²) in [7, 11) is 0. The van der Waals surface area contributed by atoms with Crippen molar-refractivity contribution in [3.8, 4) is 0 Å². The molecule has 0 N–H and O–H groups in total. The highest BCUT2D eigenvalue weighted by Gasteiger charge is 2.03. The average molecular weight is 121 g/mol. The summed E-state index contributed by atoms with van der Waals surface area (Å²) in [4.78, 5) is 3.73. The Hall–Kier alpha value is 0.310. The first kappa shape index (κ1) is 4.47. The first-order valence-electron chi connectivity index (χ1n) is 1.54. The van der Waals surface area contributed by atoms with E-state index in [-0.39, 0.29) is 4.83 Å². The van der Waals surface area contributed by atoms with Crippen LogP contribution in [0.15, 0.2) is 4.99 Å². The number of halogens is 1. The Kier molecular flexibility index (Phi) is 1.37. The Labute approximate surface area is 45.8 Å². The highest BCUT2D eigenvalue weighted by atomic mass is 35.5. The molecule has 0 amide bonds. The van der Waals surface area contributed by atoms with Gasteiger partial charge < -0.3 is 0 Å². The molecule has 1 nitrogen and oxygen atoms in total. The summed E-state index contributed by atoms with van der Waals surface area (Å²) in [6.07, 6.45) is 1.71. The van der Waals surface area contributed by atoms with E-state index in [0.717, 1.165) is 0 Å². The Morgan fingerprint density at radius 3 is 2.83 bits per heavy atom. The first-order valence-corrected chi connectivity index (χ1v) is 2.92. The van der Waals surface area contributed by atoms with Crippen molar-refractivity contribution >= 4 is 29.6 Å². The lowest BCUT2D eigenvalue weighted by Gasteiger charge is -1.85. The highest BCUT2D eigenvalue weighted by Crippen LogP contribution is 2.22. The third-order valence-corrected chi connectivity index (χ3v) is 1.50. The van der Waals surface area contributed by atoms with Gasteiger partial charge in [0.05, 0.1) is 5.75 Å². The van der Waals surface area contributed by atoms with Crippen LogP contribution in [0.25, 0.3) is 0 Å². The lowest BCUT2D eigenvalue weighted by atomic mass is 10.9. The fraction of sp³-hybridized carbons (Fsp3) is 0.333. The van der Waals surface area contributed by atoms with Crippen LogP contribution < -0.4 is 0 Å². The summed E-state index contributed by atoms with van der Waals surface area (Å²) in [5.74, 6) is 1.87. The number of aliphatic imine (C=N–C) groups is 1. The molecule has 1 heterocycles. The molecular formula is C3H3ClNS. The van der Waals surface area contributed by atoms with E-state index in [1.165, 1.54) is 11.8 Å². The third kappa shape index (κ3) is 0.884. The quantitative estimate of drug-likeness (QED) is 0.349. The van der Waals surface area contributed by atoms with Crippen LogP contribution >= 0.6 is 23.4 Å². The van der Waals surface area contributed by atoms with E-state index in [1.807, 2.05) is 5.75 Å². The summed E-state index contributed by atoms with van der Waals surface area (Å²) in [5.41, 5.74) is 0. The van der Waals surface area contributed by atoms with Gasteiger partial charge in [0.15, 0.2) is 4.83 Å². The minimum Gasteiger partial charge on any atom is -0.266 e. The summed E-state index contributed by atoms with van der Waals surface area (Å²) in [6.45, 7) is 0. The fourth-order valence-electron chi connectivity index (χ4n) is 0.238. The summed E-state index contributed by atoms with van der Waals surface area (Å²) < 4.78 is 0. The predicted octanol–water partition coefficient (Wildman–Crippen LogP) is 1.49. The lowest BCUT2D eigenvalue weighted by molar-refractivity contribution is 1.32. The minimum absolute atomic E-state index is 0.0509. The molecule has 1 aliphatic rings. The molecule has 0 bridgehead atoms. The largest absolute Gasteiger partial charge is 0.266 e. The topological polar surface area (TPSA) is 12.4 Å². The van der Waals surface area contributed by atoms with Crippen LogP contribution in [0.5, 0.6) is 0 Å². The maximum Gasteiger partial charge on any atom is 0.169 e. The second-order valence-corrected chi connectivity index (χ2v) is 2.53. The standard InChI is InChI=1S/C3H3ClNS/c4-3-5-1-2-6-3/h1-3H. The molecule has 0 saturated heterocycles. The van der Waals surface area contributed by atoms with Crippen molar-refractivity contribution in [3.05, 3.63) is 5.75 Å². The molecule has 1 unspecified atom stereocenters. The number of hydrogen-bond donors (Lipinski definition) is 0. The van der Waals surface area contributed by atoms with Crippen molar-refractivity contribution in [2.75, 3.05) is 0 Å². The molecule has 6 heavy (non-hydrogen) atoms. The second-order valence-electron chi connectivity index (χ2n) is 0.862. The molecule has 0 aromatic rings. The SMILES string of the molecule is ClC1N=C[CH]S1. The normalized spacial score (nSPS) is 31.8. The van der Waals surface area contributed by atoms with Gasteiger partial charge in [0, 0.05) is 6.21 Å². The molecule has 0 spiro atoms. The van der Waals surface area contributed by atoms with Crippen molar-refractivity contribution < 1.29 is 0 Å². The Balaban J connectivity index is 2.38. The van der Waals surface area contributed by atoms with Gasteiger partial charge in [0.2, 0.25) is 0 Å². The van der Waals surface area contributed by atoms with Crippen molar-refractivity contribution in [3.63, 3.8) is 0 Å². The monoisotopic (exact) mass is 120 g/mol. The Bertz CT molecular complexity index is 73.2. The molecular weight excluding hydrogens is 118 g/mol. The predicted molar refractivity (Wildman–Crippen MR) is 30.0 cm³/mol. The van der Waals surface area contributed by atoms with Gasteiger partial charge in [-0.05, 0) is 0 Å². The number of nitrogens with zero attached hydrogens (tertiary/aromatic N) is 1. The van der Waals surface area contributed by atoms with Gasteiger partial charge in [-0.15, -0.1) is 11.8 Å².